The Labute approximate surface area is 160 Å². The molecule has 0 spiro atoms. The fourth-order valence-corrected chi connectivity index (χ4v) is 3.45. The van der Waals surface area contributed by atoms with Crippen LogP contribution in [-0.2, 0) is 17.6 Å². The average Bonchev–Trinajstić information content (AvgIpc) is 2.64. The zero-order valence-corrected chi connectivity index (χ0v) is 16.2. The molecule has 1 heterocycles. The van der Waals surface area contributed by atoms with Crippen LogP contribution in [0.2, 0.25) is 0 Å². The molecule has 0 aromatic heterocycles. The largest absolute Gasteiger partial charge is 0.295 e. The molecule has 27 heavy (non-hydrogen) atoms. The van der Waals surface area contributed by atoms with E-state index in [0.29, 0.717) is 12.0 Å². The first-order valence-electron chi connectivity index (χ1n) is 9.47. The number of hydrogen-bond donors (Lipinski definition) is 0. The fourth-order valence-electron chi connectivity index (χ4n) is 3.45. The number of benzene rings is 2. The fraction of sp³-hybridized carbons (Fsp3) is 0.292. The van der Waals surface area contributed by atoms with Crippen molar-refractivity contribution in [1.29, 1.82) is 0 Å². The van der Waals surface area contributed by atoms with Crippen molar-refractivity contribution in [3.8, 4) is 0 Å². The van der Waals surface area contributed by atoms with Gasteiger partial charge in [-0.1, -0.05) is 49.7 Å². The Morgan fingerprint density at radius 3 is 2.56 bits per heavy atom. The van der Waals surface area contributed by atoms with Crippen LogP contribution < -0.4 is 0 Å². The summed E-state index contributed by atoms with van der Waals surface area (Å²) in [4.78, 5) is 28.9. The third-order valence-corrected chi connectivity index (χ3v) is 4.85. The van der Waals surface area contributed by atoms with Crippen LogP contribution in [0.25, 0.3) is 0 Å². The van der Waals surface area contributed by atoms with Gasteiger partial charge >= 0.3 is 0 Å². The van der Waals surface area contributed by atoms with Crippen LogP contribution in [0, 0.1) is 0 Å². The van der Waals surface area contributed by atoms with Gasteiger partial charge in [0.15, 0.2) is 11.6 Å². The van der Waals surface area contributed by atoms with E-state index in [2.05, 4.69) is 31.2 Å². The predicted molar refractivity (Wildman–Crippen MR) is 110 cm³/mol. The van der Waals surface area contributed by atoms with Gasteiger partial charge in [-0.2, -0.15) is 0 Å². The lowest BCUT2D eigenvalue weighted by atomic mass is 9.92. The number of Topliss-reactive ketones (excluding diaryl/α,β-unsaturated/α-hetero) is 1. The van der Waals surface area contributed by atoms with Gasteiger partial charge in [0.05, 0.1) is 5.71 Å². The Morgan fingerprint density at radius 1 is 1.07 bits per heavy atom. The molecule has 2 aromatic carbocycles. The highest BCUT2D eigenvalue weighted by molar-refractivity contribution is 6.18. The van der Waals surface area contributed by atoms with E-state index in [1.165, 1.54) is 5.56 Å². The molecule has 0 radical (unpaired) electrons. The van der Waals surface area contributed by atoms with Crippen LogP contribution in [0.1, 0.15) is 54.2 Å². The molecule has 1 atom stereocenters. The van der Waals surface area contributed by atoms with Crippen molar-refractivity contribution in [1.82, 2.24) is 0 Å². The second-order valence-corrected chi connectivity index (χ2v) is 7.13. The van der Waals surface area contributed by atoms with Crippen LogP contribution in [0.4, 0.5) is 0 Å². The molecule has 2 aromatic rings. The van der Waals surface area contributed by atoms with Crippen molar-refractivity contribution in [3.05, 3.63) is 82.4 Å². The number of nitrogens with zero attached hydrogens (tertiary/aromatic N) is 1. The molecular weight excluding hydrogens is 334 g/mol. The second kappa shape index (κ2) is 8.26. The standard InChI is InChI=1S/C24H25NO2/c1-4-7-18-8-5-11-21(13-18)24-16(2)12-23(27)22(25-24)15-19-9-6-10-20(14-19)17(3)26/h5-6,8-14,22H,4,7,15H2,1-3H3. The summed E-state index contributed by atoms with van der Waals surface area (Å²) in [5.74, 6) is 0.0497. The topological polar surface area (TPSA) is 46.5 Å². The molecule has 3 nitrogen and oxygen atoms in total. The first-order valence-corrected chi connectivity index (χ1v) is 9.47. The molecular formula is C24H25NO2. The summed E-state index contributed by atoms with van der Waals surface area (Å²) in [6, 6.07) is 15.4. The van der Waals surface area contributed by atoms with Crippen LogP contribution in [-0.4, -0.2) is 23.3 Å². The second-order valence-electron chi connectivity index (χ2n) is 7.13. The number of allylic oxidation sites excluding steroid dienone is 1. The number of aliphatic imine (C=N–C) groups is 1. The Hall–Kier alpha value is -2.81. The van der Waals surface area contributed by atoms with Crippen molar-refractivity contribution < 1.29 is 9.59 Å². The highest BCUT2D eigenvalue weighted by Crippen LogP contribution is 2.21. The number of aryl methyl sites for hydroxylation is 1. The number of carbonyl (C=O) groups excluding carboxylic acids is 2. The lowest BCUT2D eigenvalue weighted by Gasteiger charge is -2.19. The monoisotopic (exact) mass is 359 g/mol. The quantitative estimate of drug-likeness (QED) is 0.697. The Bertz CT molecular complexity index is 937. The summed E-state index contributed by atoms with van der Waals surface area (Å²) >= 11 is 0. The zero-order valence-electron chi connectivity index (χ0n) is 16.2. The average molecular weight is 359 g/mol. The minimum Gasteiger partial charge on any atom is -0.295 e. The zero-order chi connectivity index (χ0) is 19.4. The molecule has 3 rings (SSSR count). The van der Waals surface area contributed by atoms with Crippen LogP contribution >= 0.6 is 0 Å². The van der Waals surface area contributed by atoms with Crippen molar-refractivity contribution in [2.75, 3.05) is 0 Å². The molecule has 0 bridgehead atoms. The van der Waals surface area contributed by atoms with E-state index in [4.69, 9.17) is 4.99 Å². The number of dihydropyridines is 1. The number of ketones is 2. The number of hydrogen-bond acceptors (Lipinski definition) is 3. The van der Waals surface area contributed by atoms with E-state index in [-0.39, 0.29) is 11.6 Å². The van der Waals surface area contributed by atoms with Crippen LogP contribution in [0.5, 0.6) is 0 Å². The van der Waals surface area contributed by atoms with E-state index in [9.17, 15) is 9.59 Å². The maximum atomic E-state index is 12.5. The van der Waals surface area contributed by atoms with Gasteiger partial charge in [0.25, 0.3) is 0 Å². The molecule has 1 unspecified atom stereocenters. The number of carbonyl (C=O) groups is 2. The molecule has 0 N–H and O–H groups in total. The van der Waals surface area contributed by atoms with Crippen molar-refractivity contribution in [3.63, 3.8) is 0 Å². The molecule has 0 fully saturated rings. The van der Waals surface area contributed by atoms with E-state index >= 15 is 0 Å². The maximum absolute atomic E-state index is 12.5. The summed E-state index contributed by atoms with van der Waals surface area (Å²) in [5.41, 5.74) is 5.76. The summed E-state index contributed by atoms with van der Waals surface area (Å²) in [6.07, 6.45) is 4.33. The molecule has 1 aliphatic rings. The smallest absolute Gasteiger partial charge is 0.180 e. The minimum atomic E-state index is -0.444. The van der Waals surface area contributed by atoms with Gasteiger partial charge in [0.2, 0.25) is 0 Å². The van der Waals surface area contributed by atoms with E-state index in [1.54, 1.807) is 19.1 Å². The lowest BCUT2D eigenvalue weighted by Crippen LogP contribution is -2.27. The molecule has 3 heteroatoms. The lowest BCUT2D eigenvalue weighted by molar-refractivity contribution is -0.115. The van der Waals surface area contributed by atoms with Crippen molar-refractivity contribution in [2.24, 2.45) is 4.99 Å². The molecule has 0 saturated heterocycles. The number of rotatable bonds is 6. The summed E-state index contributed by atoms with van der Waals surface area (Å²) in [6.45, 7) is 5.66. The third-order valence-electron chi connectivity index (χ3n) is 4.85. The SMILES string of the molecule is CCCc1cccc(C2=NC(Cc3cccc(C(C)=O)c3)C(=O)C=C2C)c1. The predicted octanol–water partition coefficient (Wildman–Crippen LogP) is 4.77. The van der Waals surface area contributed by atoms with Crippen molar-refractivity contribution >= 4 is 17.3 Å². The van der Waals surface area contributed by atoms with Crippen LogP contribution in [0.15, 0.2) is 65.2 Å². The molecule has 138 valence electrons. The minimum absolute atomic E-state index is 0.0224. The van der Waals surface area contributed by atoms with Gasteiger partial charge < -0.3 is 0 Å². The highest BCUT2D eigenvalue weighted by Gasteiger charge is 2.23. The summed E-state index contributed by atoms with van der Waals surface area (Å²) in [5, 5.41) is 0. The van der Waals surface area contributed by atoms with Crippen molar-refractivity contribution in [2.45, 2.75) is 46.1 Å². The molecule has 0 aliphatic carbocycles. The normalized spacial score (nSPS) is 16.7. The Balaban J connectivity index is 1.90. The van der Waals surface area contributed by atoms with Gasteiger partial charge in [0, 0.05) is 17.5 Å². The van der Waals surface area contributed by atoms with Gasteiger partial charge in [0.1, 0.15) is 6.04 Å². The van der Waals surface area contributed by atoms with Gasteiger partial charge in [-0.05, 0) is 55.2 Å². The van der Waals surface area contributed by atoms with Gasteiger partial charge in [-0.3, -0.25) is 14.6 Å². The van der Waals surface area contributed by atoms with Gasteiger partial charge in [-0.25, -0.2) is 0 Å². The van der Waals surface area contributed by atoms with E-state index in [0.717, 1.165) is 35.3 Å². The Morgan fingerprint density at radius 2 is 1.81 bits per heavy atom. The molecule has 0 saturated carbocycles. The first kappa shape index (κ1) is 19.0. The summed E-state index contributed by atoms with van der Waals surface area (Å²) < 4.78 is 0. The van der Waals surface area contributed by atoms with Gasteiger partial charge in [-0.15, -0.1) is 0 Å². The maximum Gasteiger partial charge on any atom is 0.180 e. The first-order chi connectivity index (χ1) is 13.0. The van der Waals surface area contributed by atoms with E-state index in [1.807, 2.05) is 25.1 Å². The Kier molecular flexibility index (Phi) is 5.80. The summed E-state index contributed by atoms with van der Waals surface area (Å²) in [7, 11) is 0. The van der Waals surface area contributed by atoms with Crippen LogP contribution in [0.3, 0.4) is 0 Å². The third kappa shape index (κ3) is 4.48. The van der Waals surface area contributed by atoms with E-state index < -0.39 is 6.04 Å². The molecule has 0 amide bonds. The highest BCUT2D eigenvalue weighted by atomic mass is 16.1. The molecule has 1 aliphatic heterocycles.